The van der Waals surface area contributed by atoms with Crippen LogP contribution >= 0.6 is 0 Å². The molecule has 1 unspecified atom stereocenters. The van der Waals surface area contributed by atoms with Crippen molar-refractivity contribution in [2.75, 3.05) is 0 Å². The zero-order valence-electron chi connectivity index (χ0n) is 14.5. The van der Waals surface area contributed by atoms with E-state index in [9.17, 15) is 10.2 Å². The Kier molecular flexibility index (Phi) is 6.74. The highest BCUT2D eigenvalue weighted by atomic mass is 16.5. The Hall–Kier alpha value is -1.24. The van der Waals surface area contributed by atoms with E-state index in [2.05, 4.69) is 24.8 Å². The van der Waals surface area contributed by atoms with Crippen LogP contribution in [0.15, 0.2) is 24.0 Å². The van der Waals surface area contributed by atoms with Crippen LogP contribution in [-0.4, -0.2) is 28.5 Å². The Morgan fingerprint density at radius 3 is 2.91 bits per heavy atom. The van der Waals surface area contributed by atoms with Gasteiger partial charge in [-0.1, -0.05) is 32.4 Å². The summed E-state index contributed by atoms with van der Waals surface area (Å²) in [6.07, 6.45) is 9.73. The van der Waals surface area contributed by atoms with Gasteiger partial charge in [0.15, 0.2) is 0 Å². The Morgan fingerprint density at radius 1 is 1.43 bits per heavy atom. The number of rotatable bonds is 6. The minimum Gasteiger partial charge on any atom is -0.495 e. The van der Waals surface area contributed by atoms with E-state index in [1.54, 1.807) is 0 Å². The molecule has 3 heteroatoms. The maximum Gasteiger partial charge on any atom is 0.105 e. The lowest BCUT2D eigenvalue weighted by atomic mass is 9.89. The number of hydrogen-bond donors (Lipinski definition) is 2. The first kappa shape index (κ1) is 18.1. The van der Waals surface area contributed by atoms with Crippen LogP contribution in [0, 0.1) is 29.6 Å². The molecule has 0 bridgehead atoms. The first-order chi connectivity index (χ1) is 11.1. The van der Waals surface area contributed by atoms with Crippen molar-refractivity contribution in [1.29, 1.82) is 0 Å². The fourth-order valence-corrected chi connectivity index (χ4v) is 3.50. The van der Waals surface area contributed by atoms with Crippen LogP contribution in [-0.2, 0) is 4.74 Å². The number of aliphatic hydroxyl groups excluding tert-OH is 2. The second kappa shape index (κ2) is 8.57. The van der Waals surface area contributed by atoms with Crippen molar-refractivity contribution < 1.29 is 14.9 Å². The van der Waals surface area contributed by atoms with Gasteiger partial charge in [0.25, 0.3) is 0 Å². The lowest BCUT2D eigenvalue weighted by molar-refractivity contribution is 0.111. The van der Waals surface area contributed by atoms with Gasteiger partial charge in [-0.2, -0.15) is 0 Å². The Labute approximate surface area is 140 Å². The summed E-state index contributed by atoms with van der Waals surface area (Å²) in [5.74, 6) is 7.47. The molecule has 0 amide bonds. The van der Waals surface area contributed by atoms with Gasteiger partial charge in [0.2, 0.25) is 0 Å². The third kappa shape index (κ3) is 4.62. The van der Waals surface area contributed by atoms with Crippen LogP contribution in [0.2, 0.25) is 0 Å². The highest BCUT2D eigenvalue weighted by molar-refractivity contribution is 5.13. The molecule has 23 heavy (non-hydrogen) atoms. The lowest BCUT2D eigenvalue weighted by Gasteiger charge is -2.17. The van der Waals surface area contributed by atoms with Crippen LogP contribution in [0.1, 0.15) is 52.9 Å². The Bertz CT molecular complexity index is 497. The van der Waals surface area contributed by atoms with Crippen molar-refractivity contribution in [3.05, 3.63) is 24.0 Å². The SMILES string of the molecule is CC#CCC(C)[C@H](O)/C=C/[C@@H]1[C@H]2C/C(=C/CCC)O[C@H]2C[C@H]1O. The Balaban J connectivity index is 1.96. The first-order valence-corrected chi connectivity index (χ1v) is 8.86. The molecular formula is C20H30O3. The van der Waals surface area contributed by atoms with E-state index in [0.29, 0.717) is 18.8 Å². The molecule has 0 spiro atoms. The topological polar surface area (TPSA) is 49.7 Å². The van der Waals surface area contributed by atoms with E-state index in [1.165, 1.54) is 0 Å². The predicted octanol–water partition coefficient (Wildman–Crippen LogP) is 3.42. The molecule has 2 rings (SSSR count). The van der Waals surface area contributed by atoms with Crippen molar-refractivity contribution in [3.8, 4) is 11.8 Å². The van der Waals surface area contributed by atoms with Gasteiger partial charge in [-0.15, -0.1) is 11.8 Å². The minimum atomic E-state index is -0.514. The van der Waals surface area contributed by atoms with Gasteiger partial charge in [-0.25, -0.2) is 0 Å². The second-order valence-corrected chi connectivity index (χ2v) is 6.85. The molecule has 1 aliphatic heterocycles. The molecule has 128 valence electrons. The summed E-state index contributed by atoms with van der Waals surface area (Å²) in [7, 11) is 0. The van der Waals surface area contributed by atoms with Crippen molar-refractivity contribution in [1.82, 2.24) is 0 Å². The van der Waals surface area contributed by atoms with Gasteiger partial charge in [0.1, 0.15) is 6.10 Å². The van der Waals surface area contributed by atoms with E-state index < -0.39 is 6.10 Å². The van der Waals surface area contributed by atoms with Crippen molar-refractivity contribution in [2.24, 2.45) is 17.8 Å². The lowest BCUT2D eigenvalue weighted by Crippen LogP contribution is -2.19. The van der Waals surface area contributed by atoms with Crippen LogP contribution in [0.5, 0.6) is 0 Å². The van der Waals surface area contributed by atoms with Gasteiger partial charge in [-0.3, -0.25) is 0 Å². The summed E-state index contributed by atoms with van der Waals surface area (Å²) in [6.45, 7) is 5.97. The van der Waals surface area contributed by atoms with Gasteiger partial charge in [-0.05, 0) is 25.3 Å². The molecule has 1 aliphatic carbocycles. The third-order valence-corrected chi connectivity index (χ3v) is 5.00. The summed E-state index contributed by atoms with van der Waals surface area (Å²) >= 11 is 0. The Morgan fingerprint density at radius 2 is 2.22 bits per heavy atom. The number of ether oxygens (including phenoxy) is 1. The number of hydrogen-bond acceptors (Lipinski definition) is 3. The number of aliphatic hydroxyl groups is 2. The quantitative estimate of drug-likeness (QED) is 0.583. The molecular weight excluding hydrogens is 288 g/mol. The molecule has 6 atom stereocenters. The molecule has 2 aliphatic rings. The number of allylic oxidation sites excluding steroid dienone is 2. The fraction of sp³-hybridized carbons (Fsp3) is 0.700. The van der Waals surface area contributed by atoms with Crippen molar-refractivity contribution in [2.45, 2.75) is 71.2 Å². The van der Waals surface area contributed by atoms with E-state index in [-0.39, 0.29) is 24.0 Å². The standard InChI is InChI=1S/C20H30O3/c1-4-6-8-14(3)18(21)11-10-16-17-12-15(9-7-5-2)23-20(17)13-19(16)22/h9-11,14,16-22H,5,7-8,12-13H2,1-3H3/b11-10+,15-9-/t14?,16-,17-,18-,19-,20+/m1/s1. The largest absolute Gasteiger partial charge is 0.495 e. The average Bonchev–Trinajstić information content (AvgIpc) is 3.04. The van der Waals surface area contributed by atoms with Gasteiger partial charge in [0, 0.05) is 31.1 Å². The fourth-order valence-electron chi connectivity index (χ4n) is 3.50. The average molecular weight is 318 g/mol. The van der Waals surface area contributed by atoms with Crippen LogP contribution < -0.4 is 0 Å². The third-order valence-electron chi connectivity index (χ3n) is 5.00. The predicted molar refractivity (Wildman–Crippen MR) is 92.5 cm³/mol. The van der Waals surface area contributed by atoms with E-state index >= 15 is 0 Å². The molecule has 2 N–H and O–H groups in total. The smallest absolute Gasteiger partial charge is 0.105 e. The maximum absolute atomic E-state index is 10.3. The van der Waals surface area contributed by atoms with Gasteiger partial charge < -0.3 is 14.9 Å². The normalized spacial score (nSPS) is 34.0. The van der Waals surface area contributed by atoms with Crippen LogP contribution in [0.3, 0.4) is 0 Å². The van der Waals surface area contributed by atoms with E-state index in [4.69, 9.17) is 4.74 Å². The van der Waals surface area contributed by atoms with E-state index in [0.717, 1.165) is 25.0 Å². The van der Waals surface area contributed by atoms with Crippen molar-refractivity contribution in [3.63, 3.8) is 0 Å². The van der Waals surface area contributed by atoms with E-state index in [1.807, 2.05) is 26.0 Å². The zero-order chi connectivity index (χ0) is 16.8. The minimum absolute atomic E-state index is 0.0756. The molecule has 2 fully saturated rings. The molecule has 0 aromatic carbocycles. The first-order valence-electron chi connectivity index (χ1n) is 8.86. The molecule has 3 nitrogen and oxygen atoms in total. The summed E-state index contributed by atoms with van der Waals surface area (Å²) in [6, 6.07) is 0. The monoisotopic (exact) mass is 318 g/mol. The zero-order valence-corrected chi connectivity index (χ0v) is 14.5. The van der Waals surface area contributed by atoms with Crippen LogP contribution in [0.4, 0.5) is 0 Å². The number of unbranched alkanes of at least 4 members (excludes halogenated alkanes) is 1. The number of fused-ring (bicyclic) bond motifs is 1. The summed E-state index contributed by atoms with van der Waals surface area (Å²) in [4.78, 5) is 0. The molecule has 0 aromatic heterocycles. The molecule has 0 radical (unpaired) electrons. The van der Waals surface area contributed by atoms with Crippen LogP contribution in [0.25, 0.3) is 0 Å². The second-order valence-electron chi connectivity index (χ2n) is 6.85. The van der Waals surface area contributed by atoms with Gasteiger partial charge >= 0.3 is 0 Å². The van der Waals surface area contributed by atoms with Crippen molar-refractivity contribution >= 4 is 0 Å². The summed E-state index contributed by atoms with van der Waals surface area (Å²) in [5, 5.41) is 20.5. The molecule has 0 aromatic rings. The maximum atomic E-state index is 10.3. The summed E-state index contributed by atoms with van der Waals surface area (Å²) in [5.41, 5.74) is 0. The molecule has 1 saturated carbocycles. The highest BCUT2D eigenvalue weighted by Crippen LogP contribution is 2.45. The highest BCUT2D eigenvalue weighted by Gasteiger charge is 2.46. The summed E-state index contributed by atoms with van der Waals surface area (Å²) < 4.78 is 5.98. The van der Waals surface area contributed by atoms with Gasteiger partial charge in [0.05, 0.1) is 18.0 Å². The molecule has 1 saturated heterocycles. The molecule has 1 heterocycles.